The van der Waals surface area contributed by atoms with Crippen molar-refractivity contribution in [2.45, 2.75) is 20.4 Å². The van der Waals surface area contributed by atoms with Crippen molar-refractivity contribution in [2.24, 2.45) is 0 Å². The molecule has 0 bridgehead atoms. The maximum atomic E-state index is 11.4. The smallest absolute Gasteiger partial charge is 0.282 e. The van der Waals surface area contributed by atoms with Gasteiger partial charge in [0, 0.05) is 24.2 Å². The van der Waals surface area contributed by atoms with Crippen LogP contribution in [0.3, 0.4) is 0 Å². The van der Waals surface area contributed by atoms with E-state index in [0.29, 0.717) is 12.2 Å². The normalized spacial score (nSPS) is 10.4. The highest BCUT2D eigenvalue weighted by Crippen LogP contribution is 2.26. The number of carbonyl (C=O) groups excluding carboxylic acids is 1. The van der Waals surface area contributed by atoms with E-state index in [0.717, 1.165) is 10.7 Å². The number of ketones is 1. The van der Waals surface area contributed by atoms with Gasteiger partial charge >= 0.3 is 0 Å². The molecule has 0 atom stereocenters. The number of benzene rings is 1. The molecule has 2 aromatic rings. The van der Waals surface area contributed by atoms with Crippen molar-refractivity contribution in [3.8, 4) is 0 Å². The quantitative estimate of drug-likeness (QED) is 0.481. The van der Waals surface area contributed by atoms with Crippen LogP contribution in [0.1, 0.15) is 28.0 Å². The number of nitro groups is 1. The van der Waals surface area contributed by atoms with Gasteiger partial charge in [-0.3, -0.25) is 14.9 Å². The maximum absolute atomic E-state index is 11.4. The fraction of sp³-hybridized carbons (Fsp3) is 0.286. The SMILES string of the molecule is CC(=O)c1ccc(N(C)Cc2csc(C)n2)cc1[N+](=O)[O-]. The summed E-state index contributed by atoms with van der Waals surface area (Å²) >= 11 is 1.57. The summed E-state index contributed by atoms with van der Waals surface area (Å²) in [5, 5.41) is 14.0. The molecule has 1 heterocycles. The molecule has 0 aliphatic rings. The zero-order chi connectivity index (χ0) is 15.6. The fourth-order valence-electron chi connectivity index (χ4n) is 2.02. The predicted octanol–water partition coefficient (Wildman–Crippen LogP) is 3.20. The molecule has 0 aliphatic carbocycles. The largest absolute Gasteiger partial charge is 0.368 e. The van der Waals surface area contributed by atoms with Crippen molar-refractivity contribution in [1.29, 1.82) is 0 Å². The van der Waals surface area contributed by atoms with Crippen LogP contribution >= 0.6 is 11.3 Å². The summed E-state index contributed by atoms with van der Waals surface area (Å²) in [6, 6.07) is 4.64. The number of nitrogens with zero attached hydrogens (tertiary/aromatic N) is 3. The Balaban J connectivity index is 2.29. The molecule has 7 heteroatoms. The van der Waals surface area contributed by atoms with Crippen LogP contribution in [0.2, 0.25) is 0 Å². The summed E-state index contributed by atoms with van der Waals surface area (Å²) in [6.07, 6.45) is 0. The summed E-state index contributed by atoms with van der Waals surface area (Å²) < 4.78 is 0. The average Bonchev–Trinajstić information content (AvgIpc) is 2.83. The number of aromatic nitrogens is 1. The molecule has 21 heavy (non-hydrogen) atoms. The van der Waals surface area contributed by atoms with Gasteiger partial charge in [0.15, 0.2) is 5.78 Å². The van der Waals surface area contributed by atoms with Gasteiger partial charge in [0.25, 0.3) is 5.69 Å². The monoisotopic (exact) mass is 305 g/mol. The lowest BCUT2D eigenvalue weighted by Gasteiger charge is -2.18. The number of nitro benzene ring substituents is 1. The summed E-state index contributed by atoms with van der Waals surface area (Å²) in [5.74, 6) is -0.314. The van der Waals surface area contributed by atoms with Gasteiger partial charge < -0.3 is 4.90 Å². The summed E-state index contributed by atoms with van der Waals surface area (Å²) in [7, 11) is 1.83. The van der Waals surface area contributed by atoms with E-state index in [9.17, 15) is 14.9 Å². The minimum atomic E-state index is -0.527. The third-order valence-electron chi connectivity index (χ3n) is 3.06. The van der Waals surface area contributed by atoms with Crippen molar-refractivity contribution in [3.63, 3.8) is 0 Å². The topological polar surface area (TPSA) is 76.3 Å². The van der Waals surface area contributed by atoms with Crippen LogP contribution in [0, 0.1) is 17.0 Å². The average molecular weight is 305 g/mol. The molecule has 0 aliphatic heterocycles. The third kappa shape index (κ3) is 3.43. The third-order valence-corrected chi connectivity index (χ3v) is 3.89. The number of carbonyl (C=O) groups is 1. The Morgan fingerprint density at radius 3 is 2.71 bits per heavy atom. The minimum Gasteiger partial charge on any atom is -0.368 e. The van der Waals surface area contributed by atoms with Gasteiger partial charge in [-0.05, 0) is 26.0 Å². The van der Waals surface area contributed by atoms with E-state index in [2.05, 4.69) is 4.98 Å². The molecule has 0 fully saturated rings. The van der Waals surface area contributed by atoms with Crippen LogP contribution in [0.15, 0.2) is 23.6 Å². The Kier molecular flexibility index (Phi) is 4.32. The lowest BCUT2D eigenvalue weighted by Crippen LogP contribution is -2.17. The Labute approximate surface area is 126 Å². The standard InChI is InChI=1S/C14H15N3O3S/c1-9(18)13-5-4-12(6-14(13)17(19)20)16(3)7-11-8-21-10(2)15-11/h4-6,8H,7H2,1-3H3. The molecule has 2 rings (SSSR count). The van der Waals surface area contributed by atoms with Crippen LogP contribution in [-0.2, 0) is 6.54 Å². The van der Waals surface area contributed by atoms with Gasteiger partial charge in [-0.15, -0.1) is 11.3 Å². The van der Waals surface area contributed by atoms with Crippen molar-refractivity contribution >= 4 is 28.5 Å². The number of Topliss-reactive ketones (excluding diaryl/α,β-unsaturated/α-hetero) is 1. The highest BCUT2D eigenvalue weighted by Gasteiger charge is 2.19. The molecule has 0 N–H and O–H groups in total. The van der Waals surface area contributed by atoms with Crippen LogP contribution in [0.4, 0.5) is 11.4 Å². The zero-order valence-corrected chi connectivity index (χ0v) is 12.8. The first-order valence-electron chi connectivity index (χ1n) is 6.30. The molecule has 0 spiro atoms. The minimum absolute atomic E-state index is 0.127. The molecule has 6 nitrogen and oxygen atoms in total. The van der Waals surface area contributed by atoms with Gasteiger partial charge in [0.1, 0.15) is 0 Å². The van der Waals surface area contributed by atoms with Crippen molar-refractivity contribution in [2.75, 3.05) is 11.9 Å². The van der Waals surface area contributed by atoms with E-state index < -0.39 is 4.92 Å². The molecular weight excluding hydrogens is 290 g/mol. The summed E-state index contributed by atoms with van der Waals surface area (Å²) in [5.41, 5.74) is 1.55. The second kappa shape index (κ2) is 6.01. The number of rotatable bonds is 5. The van der Waals surface area contributed by atoms with Gasteiger partial charge in [-0.2, -0.15) is 0 Å². The van der Waals surface area contributed by atoms with E-state index in [1.54, 1.807) is 17.4 Å². The molecule has 0 radical (unpaired) electrons. The van der Waals surface area contributed by atoms with Crippen LogP contribution in [0.5, 0.6) is 0 Å². The molecule has 1 aromatic heterocycles. The van der Waals surface area contributed by atoms with Gasteiger partial charge in [-0.1, -0.05) is 0 Å². The number of anilines is 1. The second-order valence-corrected chi connectivity index (χ2v) is 5.79. The molecule has 110 valence electrons. The highest BCUT2D eigenvalue weighted by molar-refractivity contribution is 7.09. The second-order valence-electron chi connectivity index (χ2n) is 4.73. The Morgan fingerprint density at radius 2 is 2.19 bits per heavy atom. The van der Waals surface area contributed by atoms with Crippen molar-refractivity contribution in [3.05, 3.63) is 50.0 Å². The Morgan fingerprint density at radius 1 is 1.48 bits per heavy atom. The van der Waals surface area contributed by atoms with Crippen LogP contribution in [-0.4, -0.2) is 22.7 Å². The van der Waals surface area contributed by atoms with Crippen LogP contribution in [0.25, 0.3) is 0 Å². The fourth-order valence-corrected chi connectivity index (χ4v) is 2.63. The van der Waals surface area contributed by atoms with Crippen LogP contribution < -0.4 is 4.90 Å². The van der Waals surface area contributed by atoms with E-state index >= 15 is 0 Å². The first-order chi connectivity index (χ1) is 9.88. The lowest BCUT2D eigenvalue weighted by atomic mass is 10.1. The van der Waals surface area contributed by atoms with Crippen molar-refractivity contribution < 1.29 is 9.72 Å². The number of hydrogen-bond donors (Lipinski definition) is 0. The van der Waals surface area contributed by atoms with Gasteiger partial charge in [0.2, 0.25) is 0 Å². The molecule has 0 amide bonds. The van der Waals surface area contributed by atoms with Crippen molar-refractivity contribution in [1.82, 2.24) is 4.98 Å². The Hall–Kier alpha value is -2.28. The first-order valence-corrected chi connectivity index (χ1v) is 7.18. The van der Waals surface area contributed by atoms with E-state index in [-0.39, 0.29) is 17.0 Å². The van der Waals surface area contributed by atoms with E-state index in [1.807, 2.05) is 24.3 Å². The summed E-state index contributed by atoms with van der Waals surface area (Å²) in [4.78, 5) is 28.2. The zero-order valence-electron chi connectivity index (χ0n) is 12.0. The predicted molar refractivity (Wildman–Crippen MR) is 82.1 cm³/mol. The molecule has 0 saturated heterocycles. The summed E-state index contributed by atoms with van der Waals surface area (Å²) in [6.45, 7) is 3.81. The van der Waals surface area contributed by atoms with Gasteiger partial charge in [0.05, 0.1) is 27.7 Å². The molecule has 0 saturated carbocycles. The lowest BCUT2D eigenvalue weighted by molar-refractivity contribution is -0.385. The maximum Gasteiger partial charge on any atom is 0.282 e. The van der Waals surface area contributed by atoms with Gasteiger partial charge in [-0.25, -0.2) is 4.98 Å². The Bertz CT molecular complexity index is 697. The number of thiazole rings is 1. The number of hydrogen-bond acceptors (Lipinski definition) is 6. The highest BCUT2D eigenvalue weighted by atomic mass is 32.1. The molecular formula is C14H15N3O3S. The first kappa shape index (κ1) is 15.1. The van der Waals surface area contributed by atoms with E-state index in [1.165, 1.54) is 19.1 Å². The molecule has 1 aromatic carbocycles. The molecule has 0 unspecified atom stereocenters. The number of aryl methyl sites for hydroxylation is 1. The van der Waals surface area contributed by atoms with E-state index in [4.69, 9.17) is 0 Å².